The first-order chi connectivity index (χ1) is 13.2. The van der Waals surface area contributed by atoms with Crippen LogP contribution in [0.15, 0.2) is 28.9 Å². The first-order valence-electron chi connectivity index (χ1n) is 7.56. The van der Waals surface area contributed by atoms with Crippen LogP contribution in [0.5, 0.6) is 0 Å². The average Bonchev–Trinajstić information content (AvgIpc) is 2.65. The lowest BCUT2D eigenvalue weighted by Crippen LogP contribution is -2.12. The fraction of sp³-hybridized carbons (Fsp3) is 0.118. The third kappa shape index (κ3) is 4.39. The molecule has 28 heavy (non-hydrogen) atoms. The van der Waals surface area contributed by atoms with Crippen LogP contribution >= 0.6 is 11.6 Å². The Morgan fingerprint density at radius 3 is 2.61 bits per heavy atom. The molecule has 11 heteroatoms. The van der Waals surface area contributed by atoms with E-state index < -0.39 is 51.2 Å². The van der Waals surface area contributed by atoms with E-state index in [1.54, 1.807) is 0 Å². The van der Waals surface area contributed by atoms with Crippen LogP contribution in [0.4, 0.5) is 29.1 Å². The number of hydrogen-bond acceptors (Lipinski definition) is 6. The Labute approximate surface area is 160 Å². The van der Waals surface area contributed by atoms with Crippen LogP contribution in [-0.4, -0.2) is 28.9 Å². The lowest BCUT2D eigenvalue weighted by molar-refractivity contribution is -0.137. The standard InChI is InChI=1S/C17H12ClF4N3O3/c1-2-28-17(27)8(5-24-11-4-12(23)25-6-10(11)20)16(26)7-3-9(19)15(22)13(18)14(7)21/h3-6,26H,2H2,1H3,(H2,23,25)/b16-8+,24-5?. The van der Waals surface area contributed by atoms with Gasteiger partial charge >= 0.3 is 5.97 Å². The molecule has 0 aliphatic heterocycles. The Morgan fingerprint density at radius 2 is 1.96 bits per heavy atom. The highest BCUT2D eigenvalue weighted by atomic mass is 35.5. The molecule has 0 atom stereocenters. The largest absolute Gasteiger partial charge is 0.506 e. The number of pyridine rings is 1. The van der Waals surface area contributed by atoms with E-state index in [0.29, 0.717) is 12.3 Å². The van der Waals surface area contributed by atoms with E-state index in [-0.39, 0.29) is 18.1 Å². The van der Waals surface area contributed by atoms with E-state index >= 15 is 0 Å². The van der Waals surface area contributed by atoms with Gasteiger partial charge in [-0.2, -0.15) is 0 Å². The summed E-state index contributed by atoms with van der Waals surface area (Å²) < 4.78 is 59.5. The molecule has 0 aliphatic rings. The van der Waals surface area contributed by atoms with Gasteiger partial charge in [0.2, 0.25) is 0 Å². The molecule has 0 saturated carbocycles. The summed E-state index contributed by atoms with van der Waals surface area (Å²) in [5.74, 6) is -8.09. The summed E-state index contributed by atoms with van der Waals surface area (Å²) in [7, 11) is 0. The van der Waals surface area contributed by atoms with Crippen LogP contribution in [0.2, 0.25) is 5.02 Å². The van der Waals surface area contributed by atoms with Gasteiger partial charge in [0, 0.05) is 12.3 Å². The third-order valence-electron chi connectivity index (χ3n) is 3.30. The molecule has 0 fully saturated rings. The third-order valence-corrected chi connectivity index (χ3v) is 3.63. The minimum Gasteiger partial charge on any atom is -0.506 e. The summed E-state index contributed by atoms with van der Waals surface area (Å²) in [5.41, 5.74) is 3.37. The molecule has 0 radical (unpaired) electrons. The van der Waals surface area contributed by atoms with Crippen LogP contribution < -0.4 is 5.73 Å². The highest BCUT2D eigenvalue weighted by Gasteiger charge is 2.24. The van der Waals surface area contributed by atoms with Gasteiger partial charge in [-0.1, -0.05) is 11.6 Å². The van der Waals surface area contributed by atoms with Crippen molar-refractivity contribution in [3.63, 3.8) is 0 Å². The van der Waals surface area contributed by atoms with Crippen molar-refractivity contribution in [2.24, 2.45) is 4.99 Å². The van der Waals surface area contributed by atoms with E-state index in [1.807, 2.05) is 0 Å². The second kappa shape index (κ2) is 8.70. The van der Waals surface area contributed by atoms with Gasteiger partial charge < -0.3 is 15.6 Å². The first kappa shape index (κ1) is 21.2. The smallest absolute Gasteiger partial charge is 0.343 e. The van der Waals surface area contributed by atoms with E-state index in [4.69, 9.17) is 22.1 Å². The second-order valence-corrected chi connectivity index (χ2v) is 5.53. The van der Waals surface area contributed by atoms with Crippen LogP contribution in [0.25, 0.3) is 5.76 Å². The van der Waals surface area contributed by atoms with Crippen LogP contribution in [-0.2, 0) is 9.53 Å². The van der Waals surface area contributed by atoms with Crippen molar-refractivity contribution in [3.05, 3.63) is 57.8 Å². The van der Waals surface area contributed by atoms with Gasteiger partial charge in [-0.3, -0.25) is 4.99 Å². The minimum absolute atomic E-state index is 0.0853. The summed E-state index contributed by atoms with van der Waals surface area (Å²) in [4.78, 5) is 19.2. The maximum atomic E-state index is 14.2. The van der Waals surface area contributed by atoms with Crippen molar-refractivity contribution in [1.82, 2.24) is 4.98 Å². The Bertz CT molecular complexity index is 996. The zero-order valence-electron chi connectivity index (χ0n) is 14.1. The summed E-state index contributed by atoms with van der Waals surface area (Å²) in [6, 6.07) is 1.32. The summed E-state index contributed by atoms with van der Waals surface area (Å²) in [6.07, 6.45) is 1.42. The van der Waals surface area contributed by atoms with Crippen LogP contribution in [0.3, 0.4) is 0 Å². The lowest BCUT2D eigenvalue weighted by Gasteiger charge is -2.09. The van der Waals surface area contributed by atoms with E-state index in [0.717, 1.165) is 12.3 Å². The lowest BCUT2D eigenvalue weighted by atomic mass is 10.1. The molecule has 0 saturated heterocycles. The van der Waals surface area contributed by atoms with Gasteiger partial charge in [0.05, 0.1) is 18.4 Å². The summed E-state index contributed by atoms with van der Waals surface area (Å²) >= 11 is 5.34. The quantitative estimate of drug-likeness (QED) is 0.145. The molecule has 0 amide bonds. The molecular formula is C17H12ClF4N3O3. The summed E-state index contributed by atoms with van der Waals surface area (Å²) in [5, 5.41) is 9.04. The predicted molar refractivity (Wildman–Crippen MR) is 94.3 cm³/mol. The number of nitrogen functional groups attached to an aromatic ring is 1. The number of ether oxygens (including phenoxy) is 1. The Morgan fingerprint density at radius 1 is 1.29 bits per heavy atom. The fourth-order valence-electron chi connectivity index (χ4n) is 1.99. The molecule has 2 aromatic rings. The number of halogens is 5. The molecule has 0 aliphatic carbocycles. The van der Waals surface area contributed by atoms with E-state index in [9.17, 15) is 27.5 Å². The molecule has 1 aromatic heterocycles. The molecule has 6 nitrogen and oxygen atoms in total. The number of aliphatic hydroxyl groups is 1. The number of aliphatic imine (C=N–C) groups is 1. The number of carbonyl (C=O) groups is 1. The van der Waals surface area contributed by atoms with Gasteiger partial charge in [0.25, 0.3) is 0 Å². The van der Waals surface area contributed by atoms with Gasteiger partial charge in [-0.05, 0) is 13.0 Å². The van der Waals surface area contributed by atoms with E-state index in [1.165, 1.54) is 6.92 Å². The number of anilines is 1. The molecule has 148 valence electrons. The molecule has 0 spiro atoms. The number of aromatic nitrogens is 1. The molecule has 3 N–H and O–H groups in total. The Hall–Kier alpha value is -3.14. The van der Waals surface area contributed by atoms with Crippen molar-refractivity contribution in [3.8, 4) is 0 Å². The Balaban J connectivity index is 2.64. The number of benzene rings is 1. The number of carbonyl (C=O) groups excluding carboxylic acids is 1. The number of nitrogens with zero attached hydrogens (tertiary/aromatic N) is 2. The fourth-order valence-corrected chi connectivity index (χ4v) is 2.18. The predicted octanol–water partition coefficient (Wildman–Crippen LogP) is 4.11. The molecular weight excluding hydrogens is 406 g/mol. The van der Waals surface area contributed by atoms with Gasteiger partial charge in [-0.25, -0.2) is 27.3 Å². The number of nitrogens with two attached hydrogens (primary N) is 1. The van der Waals surface area contributed by atoms with Crippen molar-refractivity contribution in [2.45, 2.75) is 6.92 Å². The van der Waals surface area contributed by atoms with Crippen molar-refractivity contribution in [2.75, 3.05) is 12.3 Å². The number of aliphatic hydroxyl groups excluding tert-OH is 1. The highest BCUT2D eigenvalue weighted by Crippen LogP contribution is 2.29. The average molecular weight is 418 g/mol. The normalized spacial score (nSPS) is 12.2. The van der Waals surface area contributed by atoms with Crippen molar-refractivity contribution >= 4 is 41.0 Å². The first-order valence-corrected chi connectivity index (χ1v) is 7.93. The van der Waals surface area contributed by atoms with Crippen molar-refractivity contribution < 1.29 is 32.2 Å². The summed E-state index contributed by atoms with van der Waals surface area (Å²) in [6.45, 7) is 1.31. The van der Waals surface area contributed by atoms with E-state index in [2.05, 4.69) is 9.98 Å². The number of rotatable bonds is 5. The second-order valence-electron chi connectivity index (χ2n) is 5.15. The zero-order chi connectivity index (χ0) is 21.0. The molecule has 0 bridgehead atoms. The van der Waals surface area contributed by atoms with Gasteiger partial charge in [-0.15, -0.1) is 0 Å². The molecule has 1 heterocycles. The van der Waals surface area contributed by atoms with Crippen molar-refractivity contribution in [1.29, 1.82) is 0 Å². The zero-order valence-corrected chi connectivity index (χ0v) is 14.9. The van der Waals surface area contributed by atoms with Crippen LogP contribution in [0.1, 0.15) is 12.5 Å². The monoisotopic (exact) mass is 417 g/mol. The Kier molecular flexibility index (Phi) is 6.57. The number of hydrogen-bond donors (Lipinski definition) is 2. The molecule has 2 rings (SSSR count). The maximum absolute atomic E-state index is 14.2. The van der Waals surface area contributed by atoms with Gasteiger partial charge in [0.15, 0.2) is 23.3 Å². The minimum atomic E-state index is -1.67. The van der Waals surface area contributed by atoms with Gasteiger partial charge in [0.1, 0.15) is 27.9 Å². The number of esters is 1. The maximum Gasteiger partial charge on any atom is 0.343 e. The highest BCUT2D eigenvalue weighted by molar-refractivity contribution is 6.31. The molecule has 0 unspecified atom stereocenters. The topological polar surface area (TPSA) is 97.8 Å². The SMILES string of the molecule is CCOC(=O)/C(C=Nc1cc(N)ncc1F)=C(/O)c1cc(F)c(F)c(Cl)c1F. The molecule has 1 aromatic carbocycles. The van der Waals surface area contributed by atoms with Crippen LogP contribution in [0, 0.1) is 23.3 Å².